The lowest BCUT2D eigenvalue weighted by atomic mass is 9.79. The predicted molar refractivity (Wildman–Crippen MR) is 97.8 cm³/mol. The molecule has 1 aromatic carbocycles. The van der Waals surface area contributed by atoms with Crippen molar-refractivity contribution in [3.63, 3.8) is 0 Å². The fraction of sp³-hybridized carbons (Fsp3) is 0.368. The third-order valence-corrected chi connectivity index (χ3v) is 4.90. The van der Waals surface area contributed by atoms with Crippen molar-refractivity contribution >= 4 is 23.1 Å². The number of benzene rings is 1. The van der Waals surface area contributed by atoms with E-state index < -0.39 is 0 Å². The van der Waals surface area contributed by atoms with Crippen molar-refractivity contribution in [2.75, 3.05) is 5.32 Å². The van der Waals surface area contributed by atoms with E-state index in [0.29, 0.717) is 22.7 Å². The lowest BCUT2D eigenvalue weighted by Crippen LogP contribution is -2.21. The number of nitrogens with zero attached hydrogens (tertiary/aromatic N) is 2. The second-order valence-electron chi connectivity index (χ2n) is 6.36. The van der Waals surface area contributed by atoms with Gasteiger partial charge in [0.2, 0.25) is 0 Å². The number of anilines is 1. The van der Waals surface area contributed by atoms with Crippen LogP contribution in [0.15, 0.2) is 53.8 Å². The molecule has 0 amide bonds. The fourth-order valence-electron chi connectivity index (χ4n) is 3.40. The highest BCUT2D eigenvalue weighted by Gasteiger charge is 2.24. The number of oxime groups is 1. The number of aromatic nitrogens is 1. The summed E-state index contributed by atoms with van der Waals surface area (Å²) in [4.78, 5) is 4.48. The number of hydrogen-bond acceptors (Lipinski definition) is 3. The predicted octanol–water partition coefficient (Wildman–Crippen LogP) is 5.30. The van der Waals surface area contributed by atoms with E-state index in [0.717, 1.165) is 37.8 Å². The van der Waals surface area contributed by atoms with Crippen molar-refractivity contribution in [1.82, 2.24) is 4.98 Å². The minimum atomic E-state index is 0.530. The fourth-order valence-corrected chi connectivity index (χ4v) is 3.59. The van der Waals surface area contributed by atoms with E-state index in [2.05, 4.69) is 27.6 Å². The lowest BCUT2D eigenvalue weighted by molar-refractivity contribution is 0.305. The van der Waals surface area contributed by atoms with Crippen molar-refractivity contribution in [2.45, 2.75) is 38.0 Å². The molecule has 126 valence electrons. The second kappa shape index (κ2) is 8.15. The van der Waals surface area contributed by atoms with Crippen LogP contribution < -0.4 is 5.32 Å². The van der Waals surface area contributed by atoms with Crippen LogP contribution in [0.5, 0.6) is 0 Å². The van der Waals surface area contributed by atoms with E-state index >= 15 is 0 Å². The van der Waals surface area contributed by atoms with Crippen molar-refractivity contribution in [3.8, 4) is 0 Å². The lowest BCUT2D eigenvalue weighted by Gasteiger charge is -2.28. The van der Waals surface area contributed by atoms with Gasteiger partial charge in [0.15, 0.2) is 0 Å². The Morgan fingerprint density at radius 1 is 1.17 bits per heavy atom. The molecule has 4 nitrogen and oxygen atoms in total. The number of hydrogen-bond donors (Lipinski definition) is 2. The average molecular weight is 344 g/mol. The molecule has 1 fully saturated rings. The maximum Gasteiger partial charge on any atom is 0.146 e. The molecular weight excluding hydrogens is 322 g/mol. The van der Waals surface area contributed by atoms with Crippen LogP contribution in [0.1, 0.15) is 43.7 Å². The van der Waals surface area contributed by atoms with Crippen LogP contribution in [0, 0.1) is 5.92 Å². The smallest absolute Gasteiger partial charge is 0.146 e. The normalized spacial score (nSPS) is 21.5. The Hall–Kier alpha value is -2.07. The van der Waals surface area contributed by atoms with Gasteiger partial charge in [-0.1, -0.05) is 28.9 Å². The Kier molecular flexibility index (Phi) is 5.70. The van der Waals surface area contributed by atoms with Gasteiger partial charge < -0.3 is 10.5 Å². The van der Waals surface area contributed by atoms with E-state index in [1.54, 1.807) is 0 Å². The Labute approximate surface area is 147 Å². The molecule has 5 heteroatoms. The van der Waals surface area contributed by atoms with Crippen molar-refractivity contribution in [2.24, 2.45) is 11.1 Å². The largest absolute Gasteiger partial charge is 0.409 e. The molecule has 3 rings (SSSR count). The molecule has 0 unspecified atom stereocenters. The highest BCUT2D eigenvalue weighted by Crippen LogP contribution is 2.36. The summed E-state index contributed by atoms with van der Waals surface area (Å²) in [6.45, 7) is 0. The van der Waals surface area contributed by atoms with Crippen molar-refractivity contribution in [3.05, 3.63) is 59.4 Å². The molecule has 0 aliphatic heterocycles. The maximum absolute atomic E-state index is 9.30. The van der Waals surface area contributed by atoms with Gasteiger partial charge in [0.25, 0.3) is 0 Å². The molecule has 1 heterocycles. The second-order valence-corrected chi connectivity index (χ2v) is 6.79. The number of rotatable bonds is 4. The van der Waals surface area contributed by atoms with Crippen molar-refractivity contribution in [1.29, 1.82) is 0 Å². The SMILES string of the molecule is ON=C(C[C@H]1CC[C@@H](c2ccccn2)CC1)Nc1cccc(Cl)c1. The molecule has 0 radical (unpaired) electrons. The molecular formula is C19H22ClN3O. The summed E-state index contributed by atoms with van der Waals surface area (Å²) in [7, 11) is 0. The van der Waals surface area contributed by atoms with Gasteiger partial charge in [-0.15, -0.1) is 0 Å². The van der Waals surface area contributed by atoms with Crippen LogP contribution in [0.3, 0.4) is 0 Å². The summed E-state index contributed by atoms with van der Waals surface area (Å²) in [5.74, 6) is 1.68. The monoisotopic (exact) mass is 343 g/mol. The van der Waals surface area contributed by atoms with E-state index in [-0.39, 0.29) is 0 Å². The first-order valence-corrected chi connectivity index (χ1v) is 8.77. The van der Waals surface area contributed by atoms with Crippen LogP contribution in [0.25, 0.3) is 0 Å². The number of amidine groups is 1. The molecule has 1 aliphatic rings. The number of halogens is 1. The summed E-state index contributed by atoms with van der Waals surface area (Å²) in [6.07, 6.45) is 7.13. The minimum absolute atomic E-state index is 0.530. The summed E-state index contributed by atoms with van der Waals surface area (Å²) in [6, 6.07) is 13.6. The Morgan fingerprint density at radius 2 is 2.00 bits per heavy atom. The molecule has 2 N–H and O–H groups in total. The topological polar surface area (TPSA) is 57.5 Å². The van der Waals surface area contributed by atoms with Gasteiger partial charge in [0, 0.05) is 34.9 Å². The molecule has 24 heavy (non-hydrogen) atoms. The number of nitrogens with one attached hydrogen (secondary N) is 1. The van der Waals surface area contributed by atoms with Crippen molar-refractivity contribution < 1.29 is 5.21 Å². The molecule has 0 bridgehead atoms. The van der Waals surface area contributed by atoms with Crippen LogP contribution in [-0.4, -0.2) is 16.0 Å². The zero-order chi connectivity index (χ0) is 16.8. The molecule has 0 spiro atoms. The van der Waals surface area contributed by atoms with E-state index in [4.69, 9.17) is 11.6 Å². The Balaban J connectivity index is 1.53. The van der Waals surface area contributed by atoms with Gasteiger partial charge in [-0.3, -0.25) is 4.98 Å². The Morgan fingerprint density at radius 3 is 2.67 bits per heavy atom. The van der Waals surface area contributed by atoms with Crippen LogP contribution in [-0.2, 0) is 0 Å². The standard InChI is InChI=1S/C19H22ClN3O/c20-16-4-3-5-17(13-16)22-19(23-24)12-14-7-9-15(10-8-14)18-6-1-2-11-21-18/h1-6,11,13-15,24H,7-10,12H2,(H,22,23)/t14-,15+. The van der Waals surface area contributed by atoms with Gasteiger partial charge in [-0.2, -0.15) is 0 Å². The molecule has 0 atom stereocenters. The van der Waals surface area contributed by atoms with Gasteiger partial charge in [0.05, 0.1) is 0 Å². The number of pyridine rings is 1. The third kappa shape index (κ3) is 4.48. The first kappa shape index (κ1) is 16.8. The first-order valence-electron chi connectivity index (χ1n) is 8.39. The molecule has 1 aromatic heterocycles. The summed E-state index contributed by atoms with van der Waals surface area (Å²) in [5.41, 5.74) is 2.04. The molecule has 0 saturated heterocycles. The third-order valence-electron chi connectivity index (χ3n) is 4.67. The van der Waals surface area contributed by atoms with E-state index in [9.17, 15) is 5.21 Å². The highest BCUT2D eigenvalue weighted by molar-refractivity contribution is 6.30. The summed E-state index contributed by atoms with van der Waals surface area (Å²) in [5, 5.41) is 16.6. The molecule has 2 aromatic rings. The van der Waals surface area contributed by atoms with Gasteiger partial charge in [0.1, 0.15) is 5.84 Å². The molecule has 1 saturated carbocycles. The van der Waals surface area contributed by atoms with Gasteiger partial charge >= 0.3 is 0 Å². The summed E-state index contributed by atoms with van der Waals surface area (Å²) < 4.78 is 0. The van der Waals surface area contributed by atoms with Gasteiger partial charge in [-0.25, -0.2) is 0 Å². The average Bonchev–Trinajstić information content (AvgIpc) is 2.62. The minimum Gasteiger partial charge on any atom is -0.409 e. The van der Waals surface area contributed by atoms with E-state index in [1.807, 2.05) is 36.5 Å². The Bertz CT molecular complexity index is 682. The van der Waals surface area contributed by atoms with Crippen LogP contribution in [0.2, 0.25) is 5.02 Å². The highest BCUT2D eigenvalue weighted by atomic mass is 35.5. The maximum atomic E-state index is 9.30. The zero-order valence-electron chi connectivity index (χ0n) is 13.5. The van der Waals surface area contributed by atoms with Crippen LogP contribution in [0.4, 0.5) is 5.69 Å². The van der Waals surface area contributed by atoms with Crippen LogP contribution >= 0.6 is 11.6 Å². The quantitative estimate of drug-likeness (QED) is 0.343. The van der Waals surface area contributed by atoms with Gasteiger partial charge in [-0.05, 0) is 61.9 Å². The first-order chi connectivity index (χ1) is 11.7. The van der Waals surface area contributed by atoms with E-state index in [1.165, 1.54) is 5.69 Å². The summed E-state index contributed by atoms with van der Waals surface area (Å²) >= 11 is 5.99. The molecule has 1 aliphatic carbocycles. The zero-order valence-corrected chi connectivity index (χ0v) is 14.3.